The van der Waals surface area contributed by atoms with Crippen LogP contribution < -0.4 is 5.32 Å². The summed E-state index contributed by atoms with van der Waals surface area (Å²) in [6.45, 7) is 4.82. The normalized spacial score (nSPS) is 12.3. The van der Waals surface area contributed by atoms with Crippen LogP contribution in [0.15, 0.2) is 30.3 Å². The molecule has 0 spiro atoms. The summed E-state index contributed by atoms with van der Waals surface area (Å²) < 4.78 is 5.14. The van der Waals surface area contributed by atoms with Crippen molar-refractivity contribution in [2.24, 2.45) is 0 Å². The van der Waals surface area contributed by atoms with Gasteiger partial charge >= 0.3 is 5.97 Å². The summed E-state index contributed by atoms with van der Waals surface area (Å²) in [5.41, 5.74) is 1.77. The maximum Gasteiger partial charge on any atom is 0.328 e. The summed E-state index contributed by atoms with van der Waals surface area (Å²) in [7, 11) is 0. The first-order chi connectivity index (χ1) is 10.0. The van der Waals surface area contributed by atoms with Gasteiger partial charge in [0.1, 0.15) is 0 Å². The molecule has 5 heteroatoms. The van der Waals surface area contributed by atoms with E-state index >= 15 is 0 Å². The number of hydrogen-bond donors (Lipinski definition) is 2. The number of carboxylic acid groups (broad SMARTS) is 1. The molecule has 21 heavy (non-hydrogen) atoms. The first-order valence-electron chi connectivity index (χ1n) is 6.91. The van der Waals surface area contributed by atoms with Crippen molar-refractivity contribution in [1.82, 2.24) is 5.32 Å². The predicted octanol–water partition coefficient (Wildman–Crippen LogP) is 2.39. The minimum absolute atomic E-state index is 0.0502. The third-order valence-corrected chi connectivity index (χ3v) is 2.91. The van der Waals surface area contributed by atoms with E-state index in [2.05, 4.69) is 5.32 Å². The van der Waals surface area contributed by atoms with E-state index in [0.717, 1.165) is 17.2 Å². The van der Waals surface area contributed by atoms with Gasteiger partial charge in [-0.3, -0.25) is 4.79 Å². The minimum atomic E-state index is -0.978. The summed E-state index contributed by atoms with van der Waals surface area (Å²) in [5.74, 6) is -1.03. The Labute approximate surface area is 124 Å². The van der Waals surface area contributed by atoms with Gasteiger partial charge in [-0.2, -0.15) is 0 Å². The summed E-state index contributed by atoms with van der Waals surface area (Å²) in [4.78, 5) is 22.1. The van der Waals surface area contributed by atoms with E-state index in [9.17, 15) is 9.59 Å². The van der Waals surface area contributed by atoms with Gasteiger partial charge in [0.05, 0.1) is 12.6 Å². The Bertz CT molecular complexity index is 494. The molecule has 1 aromatic rings. The molecule has 1 aromatic carbocycles. The largest absolute Gasteiger partial charge is 0.478 e. The van der Waals surface area contributed by atoms with E-state index in [1.54, 1.807) is 0 Å². The molecule has 2 N–H and O–H groups in total. The molecule has 0 saturated carbocycles. The van der Waals surface area contributed by atoms with Crippen molar-refractivity contribution >= 4 is 18.0 Å². The smallest absolute Gasteiger partial charge is 0.328 e. The third-order valence-electron chi connectivity index (χ3n) is 2.91. The molecule has 114 valence electrons. The Morgan fingerprint density at radius 2 is 2.00 bits per heavy atom. The number of rotatable bonds is 8. The topological polar surface area (TPSA) is 75.6 Å². The fourth-order valence-electron chi connectivity index (χ4n) is 1.77. The molecule has 1 rings (SSSR count). The highest BCUT2D eigenvalue weighted by Crippen LogP contribution is 2.14. The first-order valence-corrected chi connectivity index (χ1v) is 6.91. The second-order valence-corrected chi connectivity index (χ2v) is 4.57. The molecule has 0 aliphatic heterocycles. The van der Waals surface area contributed by atoms with Crippen LogP contribution in [0.1, 0.15) is 37.4 Å². The Balaban J connectivity index is 2.52. The quantitative estimate of drug-likeness (QED) is 0.569. The number of carbonyl (C=O) groups excluding carboxylic acids is 1. The Morgan fingerprint density at radius 1 is 1.33 bits per heavy atom. The van der Waals surface area contributed by atoms with Crippen LogP contribution in [-0.2, 0) is 14.3 Å². The van der Waals surface area contributed by atoms with E-state index in [0.29, 0.717) is 19.6 Å². The van der Waals surface area contributed by atoms with Crippen LogP contribution in [0.3, 0.4) is 0 Å². The summed E-state index contributed by atoms with van der Waals surface area (Å²) in [5, 5.41) is 11.5. The molecule has 5 nitrogen and oxygen atoms in total. The van der Waals surface area contributed by atoms with Crippen LogP contribution in [0.4, 0.5) is 0 Å². The Hall–Kier alpha value is -2.14. The molecule has 1 amide bonds. The van der Waals surface area contributed by atoms with Gasteiger partial charge in [-0.15, -0.1) is 0 Å². The van der Waals surface area contributed by atoms with Crippen molar-refractivity contribution in [3.63, 3.8) is 0 Å². The number of carbonyl (C=O) groups is 2. The van der Waals surface area contributed by atoms with Crippen molar-refractivity contribution < 1.29 is 19.4 Å². The lowest BCUT2D eigenvalue weighted by Gasteiger charge is -2.14. The zero-order valence-corrected chi connectivity index (χ0v) is 12.3. The number of nitrogens with one attached hydrogen (secondary N) is 1. The molecule has 0 heterocycles. The summed E-state index contributed by atoms with van der Waals surface area (Å²) in [6.07, 6.45) is 2.96. The number of ether oxygens (including phenoxy) is 1. The van der Waals surface area contributed by atoms with E-state index < -0.39 is 5.97 Å². The Morgan fingerprint density at radius 3 is 2.57 bits per heavy atom. The first kappa shape index (κ1) is 16.9. The molecule has 0 fully saturated rings. The molecule has 0 saturated heterocycles. The number of benzene rings is 1. The molecular weight excluding hydrogens is 270 g/mol. The van der Waals surface area contributed by atoms with E-state index in [1.807, 2.05) is 38.1 Å². The van der Waals surface area contributed by atoms with Crippen molar-refractivity contribution in [2.75, 3.05) is 13.2 Å². The summed E-state index contributed by atoms with van der Waals surface area (Å²) >= 11 is 0. The maximum absolute atomic E-state index is 11.7. The van der Waals surface area contributed by atoms with Crippen LogP contribution in [-0.4, -0.2) is 30.2 Å². The molecule has 0 aromatic heterocycles. The molecule has 1 atom stereocenters. The highest BCUT2D eigenvalue weighted by molar-refractivity contribution is 5.85. The molecular formula is C16H21NO4. The van der Waals surface area contributed by atoms with Crippen LogP contribution in [0.5, 0.6) is 0 Å². The van der Waals surface area contributed by atoms with Crippen molar-refractivity contribution in [3.05, 3.63) is 41.5 Å². The second-order valence-electron chi connectivity index (χ2n) is 4.57. The number of hydrogen-bond acceptors (Lipinski definition) is 3. The SMILES string of the molecule is CCOCCC(=O)NC(C)c1ccc(C=CC(=O)O)cc1. The van der Waals surface area contributed by atoms with Gasteiger partial charge in [0.25, 0.3) is 0 Å². The molecule has 0 aliphatic rings. The molecule has 0 radical (unpaired) electrons. The van der Waals surface area contributed by atoms with Crippen LogP contribution in [0.2, 0.25) is 0 Å². The van der Waals surface area contributed by atoms with Crippen molar-refractivity contribution in [3.8, 4) is 0 Å². The van der Waals surface area contributed by atoms with Gasteiger partial charge in [0.15, 0.2) is 0 Å². The van der Waals surface area contributed by atoms with Crippen LogP contribution >= 0.6 is 0 Å². The van der Waals surface area contributed by atoms with Gasteiger partial charge in [-0.25, -0.2) is 4.79 Å². The Kier molecular flexibility index (Phi) is 7.18. The van der Waals surface area contributed by atoms with Gasteiger partial charge < -0.3 is 15.2 Å². The lowest BCUT2D eigenvalue weighted by atomic mass is 10.1. The zero-order chi connectivity index (χ0) is 15.7. The van der Waals surface area contributed by atoms with Gasteiger partial charge in [0, 0.05) is 19.1 Å². The van der Waals surface area contributed by atoms with E-state index in [1.165, 1.54) is 6.08 Å². The van der Waals surface area contributed by atoms with Crippen LogP contribution in [0.25, 0.3) is 6.08 Å². The highest BCUT2D eigenvalue weighted by atomic mass is 16.5. The van der Waals surface area contributed by atoms with Gasteiger partial charge in [-0.1, -0.05) is 24.3 Å². The highest BCUT2D eigenvalue weighted by Gasteiger charge is 2.09. The number of carboxylic acids is 1. The van der Waals surface area contributed by atoms with Crippen molar-refractivity contribution in [2.45, 2.75) is 26.3 Å². The van der Waals surface area contributed by atoms with Gasteiger partial charge in [0.2, 0.25) is 5.91 Å². The van der Waals surface area contributed by atoms with Crippen LogP contribution in [0, 0.1) is 0 Å². The summed E-state index contributed by atoms with van der Waals surface area (Å²) in [6, 6.07) is 7.27. The number of amides is 1. The lowest BCUT2D eigenvalue weighted by Crippen LogP contribution is -2.27. The maximum atomic E-state index is 11.7. The standard InChI is InChI=1S/C16H21NO4/c1-3-21-11-10-15(18)17-12(2)14-7-4-13(5-8-14)6-9-16(19)20/h4-9,12H,3,10-11H2,1-2H3,(H,17,18)(H,19,20). The van der Waals surface area contributed by atoms with Gasteiger partial charge in [-0.05, 0) is 31.1 Å². The molecule has 1 unspecified atom stereocenters. The van der Waals surface area contributed by atoms with Crippen molar-refractivity contribution in [1.29, 1.82) is 0 Å². The third kappa shape index (κ3) is 6.72. The van der Waals surface area contributed by atoms with E-state index in [4.69, 9.17) is 9.84 Å². The fourth-order valence-corrected chi connectivity index (χ4v) is 1.77. The monoisotopic (exact) mass is 291 g/mol. The average molecular weight is 291 g/mol. The average Bonchev–Trinajstić information content (AvgIpc) is 2.45. The van der Waals surface area contributed by atoms with E-state index in [-0.39, 0.29) is 11.9 Å². The fraction of sp³-hybridized carbons (Fsp3) is 0.375. The molecule has 0 aliphatic carbocycles. The zero-order valence-electron chi connectivity index (χ0n) is 12.3. The molecule has 0 bridgehead atoms. The second kappa shape index (κ2) is 8.92. The lowest BCUT2D eigenvalue weighted by molar-refractivity contribution is -0.131. The predicted molar refractivity (Wildman–Crippen MR) is 80.8 cm³/mol. The number of aliphatic carboxylic acids is 1. The minimum Gasteiger partial charge on any atom is -0.478 e.